The Hall–Kier alpha value is -2.86. The van der Waals surface area contributed by atoms with Gasteiger partial charge in [-0.1, -0.05) is 0 Å². The first-order valence-electron chi connectivity index (χ1n) is 8.47. The number of hydrogen-bond acceptors (Lipinski definition) is 3. The highest BCUT2D eigenvalue weighted by Crippen LogP contribution is 2.21. The van der Waals surface area contributed by atoms with Gasteiger partial charge in [-0.3, -0.25) is 4.79 Å². The third-order valence-electron chi connectivity index (χ3n) is 4.42. The van der Waals surface area contributed by atoms with E-state index in [1.165, 1.54) is 0 Å². The number of nitrogens with one attached hydrogen (secondary N) is 1. The summed E-state index contributed by atoms with van der Waals surface area (Å²) in [5, 5.41) is 2.98. The van der Waals surface area contributed by atoms with Gasteiger partial charge < -0.3 is 19.2 Å². The van der Waals surface area contributed by atoms with E-state index in [-0.39, 0.29) is 12.0 Å². The highest BCUT2D eigenvalue weighted by atomic mass is 16.5. The van der Waals surface area contributed by atoms with E-state index < -0.39 is 0 Å². The van der Waals surface area contributed by atoms with Crippen LogP contribution in [0.1, 0.15) is 23.2 Å². The van der Waals surface area contributed by atoms with Crippen molar-refractivity contribution in [3.8, 4) is 11.4 Å². The van der Waals surface area contributed by atoms with E-state index in [2.05, 4.69) is 10.3 Å². The van der Waals surface area contributed by atoms with Crippen LogP contribution in [0.15, 0.2) is 61.4 Å². The fourth-order valence-electron chi connectivity index (χ4n) is 3.10. The molecule has 6 heteroatoms. The molecular weight excluding hydrogens is 316 g/mol. The summed E-state index contributed by atoms with van der Waals surface area (Å²) in [5.74, 6) is -0.0823. The molecule has 1 saturated heterocycles. The average molecular weight is 336 g/mol. The van der Waals surface area contributed by atoms with Crippen LogP contribution in [-0.4, -0.2) is 39.3 Å². The van der Waals surface area contributed by atoms with E-state index in [1.54, 1.807) is 12.5 Å². The van der Waals surface area contributed by atoms with Gasteiger partial charge in [-0.05, 0) is 43.2 Å². The third kappa shape index (κ3) is 3.34. The monoisotopic (exact) mass is 336 g/mol. The Balaban J connectivity index is 1.61. The van der Waals surface area contributed by atoms with Crippen LogP contribution in [0.3, 0.4) is 0 Å². The van der Waals surface area contributed by atoms with E-state index >= 15 is 0 Å². The van der Waals surface area contributed by atoms with E-state index in [0.29, 0.717) is 12.1 Å². The maximum Gasteiger partial charge on any atom is 0.251 e. The molecule has 2 aromatic heterocycles. The quantitative estimate of drug-likeness (QED) is 0.779. The maximum absolute atomic E-state index is 12.5. The van der Waals surface area contributed by atoms with Gasteiger partial charge in [0.2, 0.25) is 0 Å². The lowest BCUT2D eigenvalue weighted by molar-refractivity contribution is 0.0858. The van der Waals surface area contributed by atoms with Crippen molar-refractivity contribution in [3.63, 3.8) is 0 Å². The van der Waals surface area contributed by atoms with Crippen LogP contribution in [-0.2, 0) is 4.74 Å². The summed E-state index contributed by atoms with van der Waals surface area (Å²) in [4.78, 5) is 16.6. The summed E-state index contributed by atoms with van der Waals surface area (Å²) in [5.41, 5.74) is 2.52. The number of imidazole rings is 1. The molecule has 3 heterocycles. The topological polar surface area (TPSA) is 61.1 Å². The number of amides is 1. The van der Waals surface area contributed by atoms with Gasteiger partial charge in [0, 0.05) is 43.5 Å². The maximum atomic E-state index is 12.5. The van der Waals surface area contributed by atoms with E-state index in [4.69, 9.17) is 4.74 Å². The Bertz CT molecular complexity index is 834. The number of carbonyl (C=O) groups is 1. The standard InChI is InChI=1S/C19H20N4O2/c24-19(21-13-16-4-3-11-25-16)15-5-6-17(23-10-7-20-14-23)18(12-15)22-8-1-2-9-22/h1-2,5-10,12,14,16H,3-4,11,13H2,(H,21,24)/t16-/m0/s1. The molecule has 0 unspecified atom stereocenters. The molecule has 1 aliphatic heterocycles. The molecule has 128 valence electrons. The molecule has 0 spiro atoms. The summed E-state index contributed by atoms with van der Waals surface area (Å²) >= 11 is 0. The smallest absolute Gasteiger partial charge is 0.251 e. The van der Waals surface area contributed by atoms with Crippen LogP contribution >= 0.6 is 0 Å². The van der Waals surface area contributed by atoms with Gasteiger partial charge in [-0.15, -0.1) is 0 Å². The minimum Gasteiger partial charge on any atom is -0.376 e. The number of hydrogen-bond donors (Lipinski definition) is 1. The number of rotatable bonds is 5. The SMILES string of the molecule is O=C(NC[C@@H]1CCCO1)c1ccc(-n2ccnc2)c(-n2cccc2)c1. The number of nitrogens with zero attached hydrogens (tertiary/aromatic N) is 3. The average Bonchev–Trinajstić information content (AvgIpc) is 3.42. The molecule has 1 atom stereocenters. The largest absolute Gasteiger partial charge is 0.376 e. The zero-order valence-electron chi connectivity index (χ0n) is 13.8. The summed E-state index contributed by atoms with van der Waals surface area (Å²) in [6.45, 7) is 1.35. The third-order valence-corrected chi connectivity index (χ3v) is 4.42. The molecule has 1 aromatic carbocycles. The molecule has 1 N–H and O–H groups in total. The molecular formula is C19H20N4O2. The zero-order valence-corrected chi connectivity index (χ0v) is 13.8. The molecule has 0 saturated carbocycles. The predicted molar refractivity (Wildman–Crippen MR) is 94.2 cm³/mol. The zero-order chi connectivity index (χ0) is 17.1. The van der Waals surface area contributed by atoms with E-state index in [0.717, 1.165) is 30.8 Å². The summed E-state index contributed by atoms with van der Waals surface area (Å²) in [6.07, 6.45) is 11.5. The summed E-state index contributed by atoms with van der Waals surface area (Å²) < 4.78 is 9.49. The molecule has 1 amide bonds. The number of ether oxygens (including phenoxy) is 1. The molecule has 4 rings (SSSR count). The normalized spacial score (nSPS) is 16.9. The van der Waals surface area contributed by atoms with Gasteiger partial charge in [-0.2, -0.15) is 0 Å². The van der Waals surface area contributed by atoms with Crippen molar-refractivity contribution in [2.45, 2.75) is 18.9 Å². The Kier molecular flexibility index (Phi) is 4.35. The molecule has 25 heavy (non-hydrogen) atoms. The van der Waals surface area contributed by atoms with Crippen molar-refractivity contribution in [1.29, 1.82) is 0 Å². The molecule has 0 bridgehead atoms. The van der Waals surface area contributed by atoms with Crippen molar-refractivity contribution >= 4 is 5.91 Å². The highest BCUT2D eigenvalue weighted by Gasteiger charge is 2.17. The molecule has 1 aliphatic rings. The van der Waals surface area contributed by atoms with E-state index in [1.807, 2.05) is 58.1 Å². The number of aromatic nitrogens is 3. The highest BCUT2D eigenvalue weighted by molar-refractivity contribution is 5.95. The Morgan fingerprint density at radius 1 is 1.20 bits per heavy atom. The second-order valence-electron chi connectivity index (χ2n) is 6.11. The van der Waals surface area contributed by atoms with Crippen molar-refractivity contribution in [1.82, 2.24) is 19.4 Å². The number of benzene rings is 1. The fourth-order valence-corrected chi connectivity index (χ4v) is 3.10. The predicted octanol–water partition coefficient (Wildman–Crippen LogP) is 2.57. The Labute approximate surface area is 146 Å². The van der Waals surface area contributed by atoms with Gasteiger partial charge in [0.1, 0.15) is 0 Å². The second-order valence-corrected chi connectivity index (χ2v) is 6.11. The van der Waals surface area contributed by atoms with Crippen LogP contribution in [0.5, 0.6) is 0 Å². The van der Waals surface area contributed by atoms with Crippen molar-refractivity contribution in [2.75, 3.05) is 13.2 Å². The molecule has 3 aromatic rings. The van der Waals surface area contributed by atoms with Gasteiger partial charge in [0.25, 0.3) is 5.91 Å². The fraction of sp³-hybridized carbons (Fsp3) is 0.263. The first-order valence-corrected chi connectivity index (χ1v) is 8.47. The van der Waals surface area contributed by atoms with Crippen LogP contribution in [0.2, 0.25) is 0 Å². The Morgan fingerprint density at radius 2 is 2.08 bits per heavy atom. The van der Waals surface area contributed by atoms with Gasteiger partial charge in [0.15, 0.2) is 0 Å². The summed E-state index contributed by atoms with van der Waals surface area (Å²) in [7, 11) is 0. The summed E-state index contributed by atoms with van der Waals surface area (Å²) in [6, 6.07) is 9.61. The second kappa shape index (κ2) is 6.94. The molecule has 6 nitrogen and oxygen atoms in total. The van der Waals surface area contributed by atoms with Crippen molar-refractivity contribution in [3.05, 3.63) is 67.0 Å². The van der Waals surface area contributed by atoms with Gasteiger partial charge in [-0.25, -0.2) is 4.98 Å². The molecule has 0 radical (unpaired) electrons. The van der Waals surface area contributed by atoms with Crippen LogP contribution in [0.4, 0.5) is 0 Å². The minimum atomic E-state index is -0.0823. The van der Waals surface area contributed by atoms with Crippen LogP contribution in [0.25, 0.3) is 11.4 Å². The number of carbonyl (C=O) groups excluding carboxylic acids is 1. The van der Waals surface area contributed by atoms with Crippen LogP contribution < -0.4 is 5.32 Å². The lowest BCUT2D eigenvalue weighted by atomic mass is 10.1. The van der Waals surface area contributed by atoms with Gasteiger partial charge in [0.05, 0.1) is 23.8 Å². The van der Waals surface area contributed by atoms with Gasteiger partial charge >= 0.3 is 0 Å². The first-order chi connectivity index (χ1) is 12.3. The lowest BCUT2D eigenvalue weighted by Crippen LogP contribution is -2.31. The lowest BCUT2D eigenvalue weighted by Gasteiger charge is -2.15. The molecule has 1 fully saturated rings. The molecule has 0 aliphatic carbocycles. The van der Waals surface area contributed by atoms with Crippen LogP contribution in [0, 0.1) is 0 Å². The first kappa shape index (κ1) is 15.7. The van der Waals surface area contributed by atoms with Crippen molar-refractivity contribution in [2.24, 2.45) is 0 Å². The Morgan fingerprint density at radius 3 is 2.80 bits per heavy atom. The van der Waals surface area contributed by atoms with E-state index in [9.17, 15) is 4.79 Å². The minimum absolute atomic E-state index is 0.0823. The van der Waals surface area contributed by atoms with Crippen molar-refractivity contribution < 1.29 is 9.53 Å².